The zero-order valence-corrected chi connectivity index (χ0v) is 16.3. The zero-order chi connectivity index (χ0) is 18.4. The maximum absolute atomic E-state index is 12.0. The molecule has 3 fully saturated rings. The highest BCUT2D eigenvalue weighted by Gasteiger charge is 2.45. The van der Waals surface area contributed by atoms with Gasteiger partial charge in [-0.25, -0.2) is 4.79 Å². The van der Waals surface area contributed by atoms with Crippen LogP contribution in [-0.4, -0.2) is 31.7 Å². The van der Waals surface area contributed by atoms with E-state index in [1.54, 1.807) is 6.92 Å². The summed E-state index contributed by atoms with van der Waals surface area (Å²) in [5.41, 5.74) is 0. The van der Waals surface area contributed by atoms with Crippen molar-refractivity contribution < 1.29 is 14.3 Å². The van der Waals surface area contributed by atoms with Crippen molar-refractivity contribution in [1.82, 2.24) is 10.6 Å². The molecule has 4 atom stereocenters. The maximum Gasteiger partial charge on any atom is 0.407 e. The molecule has 3 saturated carbocycles. The van der Waals surface area contributed by atoms with Gasteiger partial charge in [0.2, 0.25) is 5.91 Å². The molecule has 5 heteroatoms. The summed E-state index contributed by atoms with van der Waals surface area (Å²) in [7, 11) is 0. The van der Waals surface area contributed by atoms with Gasteiger partial charge in [0, 0.05) is 20.0 Å². The van der Waals surface area contributed by atoms with Crippen LogP contribution in [0.1, 0.15) is 71.1 Å². The molecule has 2 bridgehead atoms. The first-order valence-electron chi connectivity index (χ1n) is 10.8. The van der Waals surface area contributed by atoms with Crippen LogP contribution in [0.15, 0.2) is 0 Å². The van der Waals surface area contributed by atoms with Crippen LogP contribution in [0.3, 0.4) is 0 Å². The molecular formula is C21H36N2O3. The summed E-state index contributed by atoms with van der Waals surface area (Å²) in [6.45, 7) is 3.64. The number of carbonyl (C=O) groups excluding carboxylic acids is 2. The highest BCUT2D eigenvalue weighted by atomic mass is 16.5. The third-order valence-corrected chi connectivity index (χ3v) is 6.93. The van der Waals surface area contributed by atoms with Crippen molar-refractivity contribution in [3.63, 3.8) is 0 Å². The molecule has 0 aromatic heterocycles. The van der Waals surface area contributed by atoms with Gasteiger partial charge in [-0.2, -0.15) is 0 Å². The van der Waals surface area contributed by atoms with Gasteiger partial charge in [-0.1, -0.05) is 32.1 Å². The van der Waals surface area contributed by atoms with E-state index in [9.17, 15) is 9.59 Å². The van der Waals surface area contributed by atoms with E-state index in [1.807, 2.05) is 0 Å². The number of fused-ring (bicyclic) bond motifs is 2. The summed E-state index contributed by atoms with van der Waals surface area (Å²) in [5, 5.41) is 5.95. The summed E-state index contributed by atoms with van der Waals surface area (Å²) in [4.78, 5) is 23.1. The van der Waals surface area contributed by atoms with Crippen molar-refractivity contribution in [3.8, 4) is 0 Å². The Balaban J connectivity index is 1.27. The second-order valence-electron chi connectivity index (χ2n) is 8.86. The molecule has 26 heavy (non-hydrogen) atoms. The number of rotatable bonds is 8. The van der Waals surface area contributed by atoms with Crippen molar-refractivity contribution in [2.75, 3.05) is 19.7 Å². The van der Waals surface area contributed by atoms with Crippen LogP contribution in [0, 0.1) is 29.6 Å². The van der Waals surface area contributed by atoms with E-state index in [1.165, 1.54) is 57.8 Å². The molecule has 2 N–H and O–H groups in total. The Morgan fingerprint density at radius 2 is 1.65 bits per heavy atom. The van der Waals surface area contributed by atoms with Crippen LogP contribution in [0.5, 0.6) is 0 Å². The van der Waals surface area contributed by atoms with Gasteiger partial charge in [-0.05, 0) is 61.7 Å². The fourth-order valence-corrected chi connectivity index (χ4v) is 5.67. The van der Waals surface area contributed by atoms with E-state index in [2.05, 4.69) is 10.6 Å². The van der Waals surface area contributed by atoms with Gasteiger partial charge in [0.05, 0.1) is 6.61 Å². The van der Waals surface area contributed by atoms with Gasteiger partial charge in [0.25, 0.3) is 0 Å². The van der Waals surface area contributed by atoms with Crippen molar-refractivity contribution in [1.29, 1.82) is 0 Å². The number of hydrogen-bond acceptors (Lipinski definition) is 3. The van der Waals surface area contributed by atoms with Crippen LogP contribution < -0.4 is 10.6 Å². The molecule has 3 rings (SSSR count). The normalized spacial score (nSPS) is 31.0. The molecule has 0 aromatic rings. The highest BCUT2D eigenvalue weighted by Crippen LogP contribution is 2.51. The van der Waals surface area contributed by atoms with Gasteiger partial charge >= 0.3 is 6.09 Å². The summed E-state index contributed by atoms with van der Waals surface area (Å²) in [6, 6.07) is 0. The first-order chi connectivity index (χ1) is 12.6. The number of carbonyl (C=O) groups is 2. The molecule has 4 unspecified atom stereocenters. The lowest BCUT2D eigenvalue weighted by Gasteiger charge is -2.29. The Labute approximate surface area is 158 Å². The predicted octanol–water partition coefficient (Wildman–Crippen LogP) is 3.87. The van der Waals surface area contributed by atoms with Gasteiger partial charge in [-0.15, -0.1) is 0 Å². The molecule has 5 nitrogen and oxygen atoms in total. The minimum Gasteiger partial charge on any atom is -0.450 e. The van der Waals surface area contributed by atoms with E-state index in [0.29, 0.717) is 24.4 Å². The van der Waals surface area contributed by atoms with E-state index in [-0.39, 0.29) is 12.0 Å². The molecule has 148 valence electrons. The second kappa shape index (κ2) is 9.61. The Kier molecular flexibility index (Phi) is 7.21. The smallest absolute Gasteiger partial charge is 0.407 e. The van der Waals surface area contributed by atoms with Crippen LogP contribution >= 0.6 is 0 Å². The Morgan fingerprint density at radius 3 is 2.31 bits per heavy atom. The topological polar surface area (TPSA) is 67.4 Å². The Hall–Kier alpha value is -1.26. The number of hydrogen-bond donors (Lipinski definition) is 2. The lowest BCUT2D eigenvalue weighted by molar-refractivity contribution is -0.119. The highest BCUT2D eigenvalue weighted by molar-refractivity contribution is 5.72. The van der Waals surface area contributed by atoms with E-state index in [4.69, 9.17) is 4.74 Å². The molecule has 0 heterocycles. The standard InChI is InChI=1S/C21H36N2O3/c1-15(24)22-13-18-10-17-11-19(20(18)12-17)14-23-21(25)26-9-5-8-16-6-3-2-4-7-16/h16-20H,2-14H2,1H3,(H,22,24)(H,23,25). The summed E-state index contributed by atoms with van der Waals surface area (Å²) in [6.07, 6.45) is 12.5. The average Bonchev–Trinajstić information content (AvgIpc) is 3.23. The molecule has 0 radical (unpaired) electrons. The molecule has 0 saturated heterocycles. The number of ether oxygens (including phenoxy) is 1. The largest absolute Gasteiger partial charge is 0.450 e. The minimum absolute atomic E-state index is 0.0549. The number of nitrogens with one attached hydrogen (secondary N) is 2. The van der Waals surface area contributed by atoms with Crippen molar-refractivity contribution >= 4 is 12.0 Å². The molecule has 3 aliphatic rings. The van der Waals surface area contributed by atoms with E-state index < -0.39 is 0 Å². The summed E-state index contributed by atoms with van der Waals surface area (Å²) < 4.78 is 5.37. The van der Waals surface area contributed by atoms with Gasteiger partial charge in [-0.3, -0.25) is 4.79 Å². The fourth-order valence-electron chi connectivity index (χ4n) is 5.67. The molecule has 0 spiro atoms. The first kappa shape index (κ1) is 19.5. The predicted molar refractivity (Wildman–Crippen MR) is 102 cm³/mol. The van der Waals surface area contributed by atoms with Crippen LogP contribution in [0.25, 0.3) is 0 Å². The fraction of sp³-hybridized carbons (Fsp3) is 0.905. The van der Waals surface area contributed by atoms with Crippen LogP contribution in [-0.2, 0) is 9.53 Å². The monoisotopic (exact) mass is 364 g/mol. The Bertz CT molecular complexity index is 476. The SMILES string of the molecule is CC(=O)NCC1CC2CC(CNC(=O)OCCCC3CCCCC3)C1C2. The van der Waals surface area contributed by atoms with Crippen molar-refractivity contribution in [3.05, 3.63) is 0 Å². The quantitative estimate of drug-likeness (QED) is 0.643. The van der Waals surface area contributed by atoms with Gasteiger partial charge < -0.3 is 15.4 Å². The second-order valence-corrected chi connectivity index (χ2v) is 8.86. The first-order valence-corrected chi connectivity index (χ1v) is 10.8. The lowest BCUT2D eigenvalue weighted by Crippen LogP contribution is -2.37. The van der Waals surface area contributed by atoms with Crippen LogP contribution in [0.4, 0.5) is 4.79 Å². The minimum atomic E-state index is -0.255. The summed E-state index contributed by atoms with van der Waals surface area (Å²) >= 11 is 0. The number of alkyl carbamates (subject to hydrolysis) is 1. The number of amides is 2. The third-order valence-electron chi connectivity index (χ3n) is 6.93. The zero-order valence-electron chi connectivity index (χ0n) is 16.3. The van der Waals surface area contributed by atoms with Crippen molar-refractivity contribution in [2.45, 2.75) is 71.1 Å². The summed E-state index contributed by atoms with van der Waals surface area (Å²) in [5.74, 6) is 3.44. The Morgan fingerprint density at radius 1 is 0.962 bits per heavy atom. The lowest BCUT2D eigenvalue weighted by atomic mass is 9.80. The van der Waals surface area contributed by atoms with Gasteiger partial charge in [0.15, 0.2) is 0 Å². The van der Waals surface area contributed by atoms with E-state index >= 15 is 0 Å². The maximum atomic E-state index is 12.0. The molecule has 3 aliphatic carbocycles. The van der Waals surface area contributed by atoms with E-state index in [0.717, 1.165) is 31.3 Å². The third kappa shape index (κ3) is 5.62. The average molecular weight is 365 g/mol. The molecule has 0 aromatic carbocycles. The molecule has 2 amide bonds. The van der Waals surface area contributed by atoms with Crippen LogP contribution in [0.2, 0.25) is 0 Å². The van der Waals surface area contributed by atoms with Gasteiger partial charge in [0.1, 0.15) is 0 Å². The van der Waals surface area contributed by atoms with Crippen molar-refractivity contribution in [2.24, 2.45) is 29.6 Å². The molecular weight excluding hydrogens is 328 g/mol. The molecule has 0 aliphatic heterocycles.